The lowest BCUT2D eigenvalue weighted by Crippen LogP contribution is -1.94. The summed E-state index contributed by atoms with van der Waals surface area (Å²) in [5.74, 6) is 0.501. The molecule has 78 valence electrons. The van der Waals surface area contributed by atoms with Gasteiger partial charge in [-0.3, -0.25) is 4.68 Å². The smallest absolute Gasteiger partial charge is 0.125 e. The molecule has 0 atom stereocenters. The molecule has 0 fully saturated rings. The molecule has 0 aliphatic rings. The molecule has 5 heteroatoms. The van der Waals surface area contributed by atoms with E-state index in [0.717, 1.165) is 17.1 Å². The lowest BCUT2D eigenvalue weighted by molar-refractivity contribution is 0.756. The molecular formula is C10H13N5. The molecule has 5 nitrogen and oxygen atoms in total. The topological polar surface area (TPSA) is 68.8 Å². The average Bonchev–Trinajstić information content (AvgIpc) is 2.45. The molecule has 2 aromatic heterocycles. The molecule has 2 heterocycles. The summed E-state index contributed by atoms with van der Waals surface area (Å²) in [7, 11) is 1.89. The number of nitrogens with zero attached hydrogens (tertiary/aromatic N) is 3. The number of nitrogens with one attached hydrogen (secondary N) is 1. The minimum atomic E-state index is 0.501. The van der Waals surface area contributed by atoms with Crippen molar-refractivity contribution >= 4 is 17.2 Å². The quantitative estimate of drug-likeness (QED) is 0.775. The van der Waals surface area contributed by atoms with E-state index in [1.165, 1.54) is 0 Å². The molecule has 0 spiro atoms. The van der Waals surface area contributed by atoms with Crippen LogP contribution in [0.4, 0.5) is 17.2 Å². The zero-order chi connectivity index (χ0) is 10.8. The minimum Gasteiger partial charge on any atom is -0.384 e. The minimum absolute atomic E-state index is 0.501. The van der Waals surface area contributed by atoms with Crippen LogP contribution < -0.4 is 11.1 Å². The number of aromatic nitrogens is 3. The largest absolute Gasteiger partial charge is 0.384 e. The number of nitrogen functional groups attached to an aromatic ring is 1. The van der Waals surface area contributed by atoms with Crippen LogP contribution in [0.2, 0.25) is 0 Å². The van der Waals surface area contributed by atoms with Gasteiger partial charge in [-0.25, -0.2) is 4.98 Å². The van der Waals surface area contributed by atoms with Crippen LogP contribution in [-0.4, -0.2) is 14.8 Å². The van der Waals surface area contributed by atoms with Gasteiger partial charge in [0.05, 0.1) is 11.4 Å². The fraction of sp³-hybridized carbons (Fsp3) is 0.200. The van der Waals surface area contributed by atoms with E-state index >= 15 is 0 Å². The van der Waals surface area contributed by atoms with Crippen molar-refractivity contribution in [1.29, 1.82) is 0 Å². The van der Waals surface area contributed by atoms with Crippen LogP contribution >= 0.6 is 0 Å². The first-order chi connectivity index (χ1) is 7.15. The summed E-state index contributed by atoms with van der Waals surface area (Å²) in [6.45, 7) is 1.95. The van der Waals surface area contributed by atoms with Crippen LogP contribution in [0.15, 0.2) is 24.5 Å². The summed E-state index contributed by atoms with van der Waals surface area (Å²) >= 11 is 0. The highest BCUT2D eigenvalue weighted by atomic mass is 15.3. The van der Waals surface area contributed by atoms with E-state index in [4.69, 9.17) is 5.73 Å². The molecule has 0 amide bonds. The molecule has 0 radical (unpaired) electrons. The molecule has 2 aromatic rings. The molecule has 0 aliphatic carbocycles. The maximum Gasteiger partial charge on any atom is 0.125 e. The number of aryl methyl sites for hydroxylation is 2. The standard InChI is InChI=1S/C10H13N5/c1-7-9(6-15(2)14-7)13-8-3-4-12-10(11)5-8/h3-6H,1-2H3,(H3,11,12,13). The zero-order valence-electron chi connectivity index (χ0n) is 8.73. The van der Waals surface area contributed by atoms with E-state index in [0.29, 0.717) is 5.82 Å². The third kappa shape index (κ3) is 2.07. The Morgan fingerprint density at radius 3 is 2.87 bits per heavy atom. The SMILES string of the molecule is Cc1nn(C)cc1Nc1ccnc(N)c1. The van der Waals surface area contributed by atoms with Gasteiger partial charge in [0.25, 0.3) is 0 Å². The van der Waals surface area contributed by atoms with Crippen molar-refractivity contribution < 1.29 is 0 Å². The average molecular weight is 203 g/mol. The van der Waals surface area contributed by atoms with Crippen LogP contribution in [0.5, 0.6) is 0 Å². The van der Waals surface area contributed by atoms with E-state index < -0.39 is 0 Å². The van der Waals surface area contributed by atoms with Gasteiger partial charge in [0.15, 0.2) is 0 Å². The Kier molecular flexibility index (Phi) is 2.29. The summed E-state index contributed by atoms with van der Waals surface area (Å²) in [5, 5.41) is 7.47. The van der Waals surface area contributed by atoms with Gasteiger partial charge in [0, 0.05) is 31.2 Å². The summed E-state index contributed by atoms with van der Waals surface area (Å²) in [5.41, 5.74) is 8.43. The number of hydrogen-bond acceptors (Lipinski definition) is 4. The van der Waals surface area contributed by atoms with Crippen molar-refractivity contribution in [3.8, 4) is 0 Å². The molecule has 0 aliphatic heterocycles. The second kappa shape index (κ2) is 3.61. The Morgan fingerprint density at radius 2 is 2.27 bits per heavy atom. The Hall–Kier alpha value is -2.04. The van der Waals surface area contributed by atoms with Crippen molar-refractivity contribution in [3.05, 3.63) is 30.2 Å². The lowest BCUT2D eigenvalue weighted by atomic mass is 10.3. The van der Waals surface area contributed by atoms with E-state index in [-0.39, 0.29) is 0 Å². The van der Waals surface area contributed by atoms with Crippen LogP contribution in [0.1, 0.15) is 5.69 Å². The van der Waals surface area contributed by atoms with Gasteiger partial charge in [0.2, 0.25) is 0 Å². The van der Waals surface area contributed by atoms with Gasteiger partial charge in [0.1, 0.15) is 5.82 Å². The fourth-order valence-electron chi connectivity index (χ4n) is 1.40. The summed E-state index contributed by atoms with van der Waals surface area (Å²) in [6, 6.07) is 3.65. The van der Waals surface area contributed by atoms with Crippen molar-refractivity contribution in [2.45, 2.75) is 6.92 Å². The number of pyridine rings is 1. The normalized spacial score (nSPS) is 10.3. The molecule has 15 heavy (non-hydrogen) atoms. The Morgan fingerprint density at radius 1 is 1.47 bits per heavy atom. The molecule has 0 bridgehead atoms. The van der Waals surface area contributed by atoms with E-state index in [1.807, 2.05) is 26.2 Å². The maximum atomic E-state index is 5.58. The highest BCUT2D eigenvalue weighted by Crippen LogP contribution is 2.19. The molecule has 0 saturated carbocycles. The van der Waals surface area contributed by atoms with Crippen molar-refractivity contribution in [1.82, 2.24) is 14.8 Å². The van der Waals surface area contributed by atoms with Gasteiger partial charge in [-0.15, -0.1) is 0 Å². The summed E-state index contributed by atoms with van der Waals surface area (Å²) in [4.78, 5) is 3.93. The number of anilines is 3. The zero-order valence-corrected chi connectivity index (χ0v) is 8.73. The van der Waals surface area contributed by atoms with Gasteiger partial charge in [-0.05, 0) is 13.0 Å². The molecule has 2 rings (SSSR count). The fourth-order valence-corrected chi connectivity index (χ4v) is 1.40. The number of nitrogens with two attached hydrogens (primary N) is 1. The first kappa shape index (κ1) is 9.51. The Labute approximate surface area is 87.9 Å². The third-order valence-electron chi connectivity index (χ3n) is 2.07. The van der Waals surface area contributed by atoms with Gasteiger partial charge in [-0.2, -0.15) is 5.10 Å². The van der Waals surface area contributed by atoms with Crippen molar-refractivity contribution in [3.63, 3.8) is 0 Å². The van der Waals surface area contributed by atoms with Crippen LogP contribution in [-0.2, 0) is 7.05 Å². The van der Waals surface area contributed by atoms with E-state index in [9.17, 15) is 0 Å². The molecule has 3 N–H and O–H groups in total. The summed E-state index contributed by atoms with van der Waals surface area (Å²) < 4.78 is 1.77. The summed E-state index contributed by atoms with van der Waals surface area (Å²) in [6.07, 6.45) is 3.59. The Bertz CT molecular complexity index is 474. The third-order valence-corrected chi connectivity index (χ3v) is 2.07. The number of rotatable bonds is 2. The second-order valence-corrected chi connectivity index (χ2v) is 3.40. The predicted octanol–water partition coefficient (Wildman–Crippen LogP) is 1.45. The first-order valence-electron chi connectivity index (χ1n) is 4.64. The molecule has 0 unspecified atom stereocenters. The lowest BCUT2D eigenvalue weighted by Gasteiger charge is -2.04. The number of hydrogen-bond donors (Lipinski definition) is 2. The predicted molar refractivity (Wildman–Crippen MR) is 59.9 cm³/mol. The maximum absolute atomic E-state index is 5.58. The highest BCUT2D eigenvalue weighted by Gasteiger charge is 2.02. The van der Waals surface area contributed by atoms with Gasteiger partial charge >= 0.3 is 0 Å². The molecular weight excluding hydrogens is 190 g/mol. The molecule has 0 aromatic carbocycles. The van der Waals surface area contributed by atoms with Crippen LogP contribution in [0, 0.1) is 6.92 Å². The van der Waals surface area contributed by atoms with Crippen molar-refractivity contribution in [2.24, 2.45) is 7.05 Å². The first-order valence-corrected chi connectivity index (χ1v) is 4.64. The van der Waals surface area contributed by atoms with Crippen LogP contribution in [0.25, 0.3) is 0 Å². The van der Waals surface area contributed by atoms with Crippen LogP contribution in [0.3, 0.4) is 0 Å². The molecule has 0 saturated heterocycles. The van der Waals surface area contributed by atoms with Gasteiger partial charge in [-0.1, -0.05) is 0 Å². The second-order valence-electron chi connectivity index (χ2n) is 3.40. The van der Waals surface area contributed by atoms with E-state index in [1.54, 1.807) is 16.9 Å². The Balaban J connectivity index is 2.25. The van der Waals surface area contributed by atoms with Crippen molar-refractivity contribution in [2.75, 3.05) is 11.1 Å². The highest BCUT2D eigenvalue weighted by molar-refractivity contribution is 5.62. The van der Waals surface area contributed by atoms with Gasteiger partial charge < -0.3 is 11.1 Å². The monoisotopic (exact) mass is 203 g/mol. The van der Waals surface area contributed by atoms with E-state index in [2.05, 4.69) is 15.4 Å².